The van der Waals surface area contributed by atoms with E-state index in [1.54, 1.807) is 0 Å². The van der Waals surface area contributed by atoms with E-state index in [2.05, 4.69) is 41.1 Å². The van der Waals surface area contributed by atoms with Gasteiger partial charge >= 0.3 is 0 Å². The van der Waals surface area contributed by atoms with Crippen molar-refractivity contribution in [3.05, 3.63) is 11.7 Å². The highest BCUT2D eigenvalue weighted by Crippen LogP contribution is 2.05. The zero-order chi connectivity index (χ0) is 12.1. The molecule has 5 heteroatoms. The third-order valence-electron chi connectivity index (χ3n) is 2.76. The summed E-state index contributed by atoms with van der Waals surface area (Å²) in [4.78, 5) is 6.53. The van der Waals surface area contributed by atoms with Crippen LogP contribution in [0.5, 0.6) is 0 Å². The summed E-state index contributed by atoms with van der Waals surface area (Å²) in [7, 11) is 3.98. The third-order valence-corrected chi connectivity index (χ3v) is 2.76. The van der Waals surface area contributed by atoms with Gasteiger partial charge in [-0.3, -0.25) is 4.90 Å². The second-order valence-corrected chi connectivity index (χ2v) is 4.51. The molecule has 1 unspecified atom stereocenters. The molecule has 0 radical (unpaired) electrons. The monoisotopic (exact) mass is 226 g/mol. The molecule has 0 aliphatic rings. The Kier molecular flexibility index (Phi) is 4.89. The molecule has 1 heterocycles. The van der Waals surface area contributed by atoms with Gasteiger partial charge in [0.05, 0.1) is 6.54 Å². The predicted octanol–water partition coefficient (Wildman–Crippen LogP) is 1.06. The fourth-order valence-corrected chi connectivity index (χ4v) is 1.21. The van der Waals surface area contributed by atoms with E-state index in [-0.39, 0.29) is 0 Å². The van der Waals surface area contributed by atoms with Crippen molar-refractivity contribution < 1.29 is 4.52 Å². The number of likely N-dealkylation sites (N-methyl/N-ethyl adjacent to an activating group) is 1. The lowest BCUT2D eigenvalue weighted by molar-refractivity contribution is 0.226. The van der Waals surface area contributed by atoms with Crippen molar-refractivity contribution >= 4 is 0 Å². The van der Waals surface area contributed by atoms with E-state index in [4.69, 9.17) is 4.52 Å². The fourth-order valence-electron chi connectivity index (χ4n) is 1.21. The molecule has 0 aromatic carbocycles. The lowest BCUT2D eigenvalue weighted by atomic mass is 10.2. The van der Waals surface area contributed by atoms with Crippen molar-refractivity contribution in [3.8, 4) is 0 Å². The Morgan fingerprint density at radius 3 is 2.62 bits per heavy atom. The highest BCUT2D eigenvalue weighted by molar-refractivity contribution is 4.89. The lowest BCUT2D eigenvalue weighted by Gasteiger charge is -2.18. The maximum Gasteiger partial charge on any atom is 0.240 e. The SMILES string of the molecule is CNC(C)Cc1noc(CN(C)C(C)C)n1. The molecule has 16 heavy (non-hydrogen) atoms. The Balaban J connectivity index is 2.51. The van der Waals surface area contributed by atoms with Gasteiger partial charge in [0.15, 0.2) is 5.82 Å². The largest absolute Gasteiger partial charge is 0.338 e. The Bertz CT molecular complexity index is 311. The van der Waals surface area contributed by atoms with Crippen LogP contribution in [-0.2, 0) is 13.0 Å². The molecule has 1 rings (SSSR count). The van der Waals surface area contributed by atoms with Crippen molar-refractivity contribution in [3.63, 3.8) is 0 Å². The molecule has 0 fully saturated rings. The first-order valence-electron chi connectivity index (χ1n) is 5.72. The smallest absolute Gasteiger partial charge is 0.240 e. The second-order valence-electron chi connectivity index (χ2n) is 4.51. The van der Waals surface area contributed by atoms with Gasteiger partial charge < -0.3 is 9.84 Å². The summed E-state index contributed by atoms with van der Waals surface area (Å²) in [6, 6.07) is 0.847. The summed E-state index contributed by atoms with van der Waals surface area (Å²) in [5, 5.41) is 7.11. The maximum atomic E-state index is 5.20. The molecule has 0 amide bonds. The van der Waals surface area contributed by atoms with Gasteiger partial charge in [0, 0.05) is 18.5 Å². The summed E-state index contributed by atoms with van der Waals surface area (Å²) in [5.41, 5.74) is 0. The Labute approximate surface area is 97.2 Å². The minimum absolute atomic E-state index is 0.369. The Hall–Kier alpha value is -0.940. The standard InChI is InChI=1S/C11H22N4O/c1-8(2)15(5)7-11-13-10(14-16-11)6-9(3)12-4/h8-9,12H,6-7H2,1-5H3. The molecule has 5 nitrogen and oxygen atoms in total. The number of hydrogen-bond acceptors (Lipinski definition) is 5. The van der Waals surface area contributed by atoms with E-state index in [1.807, 2.05) is 14.1 Å². The highest BCUT2D eigenvalue weighted by atomic mass is 16.5. The van der Waals surface area contributed by atoms with Gasteiger partial charge in [0.2, 0.25) is 5.89 Å². The molecular formula is C11H22N4O. The van der Waals surface area contributed by atoms with Crippen LogP contribution < -0.4 is 5.32 Å². The molecule has 0 saturated heterocycles. The summed E-state index contributed by atoms with van der Waals surface area (Å²) < 4.78 is 5.20. The highest BCUT2D eigenvalue weighted by Gasteiger charge is 2.12. The predicted molar refractivity (Wildman–Crippen MR) is 63.1 cm³/mol. The molecule has 1 atom stereocenters. The van der Waals surface area contributed by atoms with Gasteiger partial charge in [0.25, 0.3) is 0 Å². The maximum absolute atomic E-state index is 5.20. The summed E-state index contributed by atoms with van der Waals surface area (Å²) in [6.45, 7) is 7.08. The van der Waals surface area contributed by atoms with Crippen LogP contribution in [0.25, 0.3) is 0 Å². The average molecular weight is 226 g/mol. The summed E-state index contributed by atoms with van der Waals surface area (Å²) in [6.07, 6.45) is 0.797. The van der Waals surface area contributed by atoms with E-state index in [9.17, 15) is 0 Å². The molecule has 92 valence electrons. The molecule has 0 bridgehead atoms. The third kappa shape index (κ3) is 3.90. The Morgan fingerprint density at radius 1 is 1.38 bits per heavy atom. The van der Waals surface area contributed by atoms with Crippen LogP contribution in [0.3, 0.4) is 0 Å². The number of nitrogens with zero attached hydrogens (tertiary/aromatic N) is 3. The van der Waals surface area contributed by atoms with E-state index >= 15 is 0 Å². The quantitative estimate of drug-likeness (QED) is 0.786. The van der Waals surface area contributed by atoms with Gasteiger partial charge in [-0.1, -0.05) is 5.16 Å². The van der Waals surface area contributed by atoms with Gasteiger partial charge in [-0.05, 0) is 34.9 Å². The molecule has 0 aliphatic carbocycles. The average Bonchev–Trinajstić information content (AvgIpc) is 2.65. The lowest BCUT2D eigenvalue weighted by Crippen LogP contribution is -2.26. The number of nitrogens with one attached hydrogen (secondary N) is 1. The number of aromatic nitrogens is 2. The number of rotatable bonds is 6. The van der Waals surface area contributed by atoms with Gasteiger partial charge in [-0.2, -0.15) is 4.98 Å². The number of hydrogen-bond donors (Lipinski definition) is 1. The van der Waals surface area contributed by atoms with E-state index in [0.29, 0.717) is 24.5 Å². The van der Waals surface area contributed by atoms with E-state index in [1.165, 1.54) is 0 Å². The molecule has 1 N–H and O–H groups in total. The van der Waals surface area contributed by atoms with E-state index in [0.717, 1.165) is 12.2 Å². The van der Waals surface area contributed by atoms with Crippen LogP contribution in [0.15, 0.2) is 4.52 Å². The molecule has 1 aromatic rings. The zero-order valence-electron chi connectivity index (χ0n) is 10.8. The fraction of sp³-hybridized carbons (Fsp3) is 0.818. The normalized spacial score (nSPS) is 13.7. The van der Waals surface area contributed by atoms with Crippen molar-refractivity contribution in [1.82, 2.24) is 20.4 Å². The molecular weight excluding hydrogens is 204 g/mol. The molecule has 1 aromatic heterocycles. The van der Waals surface area contributed by atoms with Crippen LogP contribution in [0.1, 0.15) is 32.5 Å². The molecule has 0 saturated carbocycles. The van der Waals surface area contributed by atoms with Crippen molar-refractivity contribution in [2.75, 3.05) is 14.1 Å². The van der Waals surface area contributed by atoms with Crippen LogP contribution in [0.2, 0.25) is 0 Å². The first-order valence-corrected chi connectivity index (χ1v) is 5.72. The summed E-state index contributed by atoms with van der Waals surface area (Å²) >= 11 is 0. The van der Waals surface area contributed by atoms with Crippen molar-refractivity contribution in [1.29, 1.82) is 0 Å². The molecule has 0 spiro atoms. The zero-order valence-corrected chi connectivity index (χ0v) is 10.8. The van der Waals surface area contributed by atoms with Gasteiger partial charge in [-0.25, -0.2) is 0 Å². The first kappa shape index (κ1) is 13.1. The van der Waals surface area contributed by atoms with Crippen LogP contribution in [0.4, 0.5) is 0 Å². The van der Waals surface area contributed by atoms with E-state index < -0.39 is 0 Å². The second kappa shape index (κ2) is 5.96. The Morgan fingerprint density at radius 2 is 2.06 bits per heavy atom. The minimum Gasteiger partial charge on any atom is -0.338 e. The van der Waals surface area contributed by atoms with Gasteiger partial charge in [0.1, 0.15) is 0 Å². The van der Waals surface area contributed by atoms with Crippen LogP contribution in [0, 0.1) is 0 Å². The molecule has 0 aliphatic heterocycles. The van der Waals surface area contributed by atoms with Crippen molar-refractivity contribution in [2.24, 2.45) is 0 Å². The minimum atomic E-state index is 0.369. The van der Waals surface area contributed by atoms with Crippen LogP contribution in [-0.4, -0.2) is 41.2 Å². The topological polar surface area (TPSA) is 54.2 Å². The summed E-state index contributed by atoms with van der Waals surface area (Å²) in [5.74, 6) is 1.46. The first-order chi connectivity index (χ1) is 7.52. The van der Waals surface area contributed by atoms with Gasteiger partial charge in [-0.15, -0.1) is 0 Å². The van der Waals surface area contributed by atoms with Crippen molar-refractivity contribution in [2.45, 2.75) is 45.8 Å². The van der Waals surface area contributed by atoms with Crippen LogP contribution >= 0.6 is 0 Å².